The molecule has 0 spiro atoms. The average Bonchev–Trinajstić information content (AvgIpc) is 2.94. The fourth-order valence-corrected chi connectivity index (χ4v) is 2.42. The van der Waals surface area contributed by atoms with E-state index in [1.54, 1.807) is 0 Å². The van der Waals surface area contributed by atoms with E-state index >= 15 is 0 Å². The van der Waals surface area contributed by atoms with Gasteiger partial charge in [0.25, 0.3) is 0 Å². The molecule has 0 saturated carbocycles. The Morgan fingerprint density at radius 3 is 2.71 bits per heavy atom. The predicted molar refractivity (Wildman–Crippen MR) is 70.0 cm³/mol. The Morgan fingerprint density at radius 2 is 2.06 bits per heavy atom. The van der Waals surface area contributed by atoms with Gasteiger partial charge in [-0.3, -0.25) is 0 Å². The lowest BCUT2D eigenvalue weighted by atomic mass is 10.1. The number of nitrogens with zero attached hydrogens (tertiary/aromatic N) is 1. The van der Waals surface area contributed by atoms with Gasteiger partial charge in [0.05, 0.1) is 6.10 Å². The molecule has 0 aromatic heterocycles. The second-order valence-electron chi connectivity index (χ2n) is 4.51. The highest BCUT2D eigenvalue weighted by molar-refractivity contribution is 5.46. The van der Waals surface area contributed by atoms with E-state index in [9.17, 15) is 0 Å². The number of ether oxygens (including phenoxy) is 1. The first-order chi connectivity index (χ1) is 8.43. The van der Waals surface area contributed by atoms with Crippen molar-refractivity contribution < 1.29 is 4.74 Å². The number of hydrogen-bond donors (Lipinski definition) is 0. The molecule has 1 fully saturated rings. The fourth-order valence-electron chi connectivity index (χ4n) is 2.42. The molecule has 0 N–H and O–H groups in total. The molecule has 2 nitrogen and oxygen atoms in total. The first-order valence-corrected chi connectivity index (χ1v) is 6.22. The van der Waals surface area contributed by atoms with Gasteiger partial charge >= 0.3 is 0 Å². The van der Waals surface area contributed by atoms with Crippen molar-refractivity contribution in [3.8, 4) is 0 Å². The quantitative estimate of drug-likeness (QED) is 0.769. The summed E-state index contributed by atoms with van der Waals surface area (Å²) in [4.78, 5) is 2.29. The Hall–Kier alpha value is -1.54. The number of anilines is 1. The molecule has 1 aromatic rings. The van der Waals surface area contributed by atoms with Crippen LogP contribution >= 0.6 is 0 Å². The topological polar surface area (TPSA) is 12.5 Å². The second-order valence-corrected chi connectivity index (χ2v) is 4.51. The first-order valence-electron chi connectivity index (χ1n) is 6.22. The molecular weight excluding hydrogens is 210 g/mol. The average molecular weight is 227 g/mol. The summed E-state index contributed by atoms with van der Waals surface area (Å²) in [7, 11) is 0. The van der Waals surface area contributed by atoms with Crippen LogP contribution in [0.5, 0.6) is 0 Å². The van der Waals surface area contributed by atoms with Gasteiger partial charge in [-0.15, -0.1) is 0 Å². The van der Waals surface area contributed by atoms with Crippen LogP contribution in [0.15, 0.2) is 54.1 Å². The molecule has 0 bridgehead atoms. The molecule has 0 amide bonds. The normalized spacial score (nSPS) is 23.9. The molecular formula is C15H17NO. The van der Waals surface area contributed by atoms with E-state index in [0.717, 1.165) is 19.4 Å². The molecule has 88 valence electrons. The highest BCUT2D eigenvalue weighted by Crippen LogP contribution is 2.24. The van der Waals surface area contributed by atoms with E-state index in [4.69, 9.17) is 4.74 Å². The highest BCUT2D eigenvalue weighted by atomic mass is 16.5. The van der Waals surface area contributed by atoms with E-state index in [0.29, 0.717) is 12.8 Å². The molecule has 1 unspecified atom stereocenters. The third-order valence-corrected chi connectivity index (χ3v) is 3.39. The fraction of sp³-hybridized carbons (Fsp3) is 0.333. The van der Waals surface area contributed by atoms with E-state index in [-0.39, 0.29) is 0 Å². The summed E-state index contributed by atoms with van der Waals surface area (Å²) in [5.41, 5.74) is 2.61. The van der Waals surface area contributed by atoms with Crippen molar-refractivity contribution >= 4 is 5.69 Å². The van der Waals surface area contributed by atoms with Crippen molar-refractivity contribution in [1.29, 1.82) is 0 Å². The zero-order chi connectivity index (χ0) is 11.5. The molecule has 1 aromatic carbocycles. The van der Waals surface area contributed by atoms with Gasteiger partial charge in [0, 0.05) is 12.2 Å². The van der Waals surface area contributed by atoms with Gasteiger partial charge in [0.1, 0.15) is 6.73 Å². The minimum absolute atomic E-state index is 0.300. The molecule has 1 heterocycles. The summed E-state index contributed by atoms with van der Waals surface area (Å²) in [5.74, 6) is 0. The lowest BCUT2D eigenvalue weighted by molar-refractivity contribution is 0.0509. The summed E-state index contributed by atoms with van der Waals surface area (Å²) >= 11 is 0. The van der Waals surface area contributed by atoms with Gasteiger partial charge in [-0.1, -0.05) is 36.4 Å². The number of hydrogen-bond acceptors (Lipinski definition) is 2. The van der Waals surface area contributed by atoms with Crippen molar-refractivity contribution in [1.82, 2.24) is 0 Å². The second kappa shape index (κ2) is 4.76. The number of allylic oxidation sites excluding steroid dienone is 2. The summed E-state index contributed by atoms with van der Waals surface area (Å²) in [5, 5.41) is 0. The van der Waals surface area contributed by atoms with Crippen LogP contribution in [0.1, 0.15) is 12.8 Å². The Kier molecular flexibility index (Phi) is 2.97. The molecule has 1 saturated heterocycles. The minimum Gasteiger partial charge on any atom is -0.353 e. The largest absolute Gasteiger partial charge is 0.353 e. The van der Waals surface area contributed by atoms with Gasteiger partial charge in [0.15, 0.2) is 0 Å². The maximum atomic E-state index is 5.94. The van der Waals surface area contributed by atoms with Crippen molar-refractivity contribution in [2.75, 3.05) is 18.2 Å². The van der Waals surface area contributed by atoms with Gasteiger partial charge < -0.3 is 9.64 Å². The van der Waals surface area contributed by atoms with Crippen LogP contribution in [0, 0.1) is 0 Å². The molecule has 2 aliphatic rings. The van der Waals surface area contributed by atoms with E-state index < -0.39 is 0 Å². The van der Waals surface area contributed by atoms with Crippen LogP contribution in [0.2, 0.25) is 0 Å². The summed E-state index contributed by atoms with van der Waals surface area (Å²) < 4.78 is 5.94. The van der Waals surface area contributed by atoms with Crippen molar-refractivity contribution in [3.05, 3.63) is 54.1 Å². The van der Waals surface area contributed by atoms with E-state index in [1.807, 2.05) is 6.07 Å². The zero-order valence-corrected chi connectivity index (χ0v) is 9.88. The van der Waals surface area contributed by atoms with Crippen molar-refractivity contribution in [2.45, 2.75) is 18.9 Å². The van der Waals surface area contributed by atoms with Crippen LogP contribution in [0.25, 0.3) is 0 Å². The molecule has 0 radical (unpaired) electrons. The summed E-state index contributed by atoms with van der Waals surface area (Å²) in [6.45, 7) is 1.76. The molecule has 17 heavy (non-hydrogen) atoms. The lowest BCUT2D eigenvalue weighted by Crippen LogP contribution is -2.38. The molecule has 2 heteroatoms. The number of para-hydroxylation sites is 1. The third-order valence-electron chi connectivity index (χ3n) is 3.39. The molecule has 1 aliphatic heterocycles. The Labute approximate surface area is 102 Å². The van der Waals surface area contributed by atoms with Crippen LogP contribution in [0.3, 0.4) is 0 Å². The molecule has 1 atom stereocenters. The van der Waals surface area contributed by atoms with Crippen molar-refractivity contribution in [3.63, 3.8) is 0 Å². The van der Waals surface area contributed by atoms with Gasteiger partial charge in [0.2, 0.25) is 0 Å². The van der Waals surface area contributed by atoms with Crippen LogP contribution in [0.4, 0.5) is 5.69 Å². The monoisotopic (exact) mass is 227 g/mol. The smallest absolute Gasteiger partial charge is 0.119 e. The predicted octanol–water partition coefficient (Wildman–Crippen LogP) is 3.13. The van der Waals surface area contributed by atoms with Gasteiger partial charge in [-0.05, 0) is 30.5 Å². The first kappa shape index (κ1) is 10.6. The Balaban J connectivity index is 1.63. The van der Waals surface area contributed by atoms with Gasteiger partial charge in [-0.25, -0.2) is 0 Å². The van der Waals surface area contributed by atoms with Gasteiger partial charge in [-0.2, -0.15) is 0 Å². The van der Waals surface area contributed by atoms with Crippen molar-refractivity contribution in [2.24, 2.45) is 0 Å². The number of rotatable bonds is 2. The minimum atomic E-state index is 0.300. The van der Waals surface area contributed by atoms with E-state index in [2.05, 4.69) is 47.4 Å². The maximum absolute atomic E-state index is 5.94. The van der Waals surface area contributed by atoms with Crippen LogP contribution in [-0.4, -0.2) is 19.4 Å². The Morgan fingerprint density at radius 1 is 1.18 bits per heavy atom. The zero-order valence-electron chi connectivity index (χ0n) is 9.88. The summed E-state index contributed by atoms with van der Waals surface area (Å²) in [6, 6.07) is 10.5. The lowest BCUT2D eigenvalue weighted by Gasteiger charge is -2.34. The Bertz CT molecular complexity index is 427. The van der Waals surface area contributed by atoms with Crippen LogP contribution < -0.4 is 4.90 Å². The standard InChI is InChI=1S/C15H17NO/c1-2-8-14(9-3-1)16-11-10-15(17-12-16)13-6-4-5-7-13/h1-4,6-9,15H,5,10-12H2. The maximum Gasteiger partial charge on any atom is 0.119 e. The van der Waals surface area contributed by atoms with Crippen LogP contribution in [-0.2, 0) is 4.74 Å². The molecule has 1 aliphatic carbocycles. The SMILES string of the molecule is C1=CC(C2CCN(c3ccccc3)CO2)=CC1. The number of benzene rings is 1. The van der Waals surface area contributed by atoms with E-state index in [1.165, 1.54) is 11.3 Å². The summed E-state index contributed by atoms with van der Waals surface area (Å²) in [6.07, 6.45) is 9.10. The molecule has 3 rings (SSSR count). The third kappa shape index (κ3) is 2.27. The highest BCUT2D eigenvalue weighted by Gasteiger charge is 2.22.